The van der Waals surface area contributed by atoms with Gasteiger partial charge < -0.3 is 26.4 Å². The summed E-state index contributed by atoms with van der Waals surface area (Å²) in [5, 5.41) is 19.4. The Labute approximate surface area is 119 Å². The molecular weight excluding hydrogens is 276 g/mol. The molecule has 2 aromatic heterocycles. The third kappa shape index (κ3) is 1.89. The molecule has 0 bridgehead atoms. The number of aliphatic hydroxyl groups is 2. The molecule has 1 saturated heterocycles. The van der Waals surface area contributed by atoms with E-state index in [1.165, 1.54) is 6.33 Å². The average Bonchev–Trinajstić information content (AvgIpc) is 3.00. The highest BCUT2D eigenvalue weighted by Crippen LogP contribution is 2.37. The summed E-state index contributed by atoms with van der Waals surface area (Å²) in [6.45, 7) is -0.493. The number of nitrogen functional groups attached to an aromatic ring is 2. The van der Waals surface area contributed by atoms with Crippen LogP contribution in [0.3, 0.4) is 0 Å². The number of fused-ring (bicyclic) bond motifs is 1. The second kappa shape index (κ2) is 4.56. The van der Waals surface area contributed by atoms with Crippen LogP contribution in [-0.4, -0.2) is 48.0 Å². The molecule has 1 aliphatic rings. The molecular formula is C12H14N6O3. The highest BCUT2D eigenvalue weighted by molar-refractivity contribution is 5.82. The molecule has 0 aromatic carbocycles. The van der Waals surface area contributed by atoms with E-state index in [-0.39, 0.29) is 18.2 Å². The van der Waals surface area contributed by atoms with Crippen LogP contribution in [0, 0.1) is 12.3 Å². The molecule has 21 heavy (non-hydrogen) atoms. The zero-order valence-corrected chi connectivity index (χ0v) is 11.0. The lowest BCUT2D eigenvalue weighted by atomic mass is 9.99. The summed E-state index contributed by atoms with van der Waals surface area (Å²) in [7, 11) is 0. The summed E-state index contributed by atoms with van der Waals surface area (Å²) >= 11 is 0. The van der Waals surface area contributed by atoms with Gasteiger partial charge in [-0.1, -0.05) is 5.92 Å². The third-order valence-corrected chi connectivity index (χ3v) is 3.56. The van der Waals surface area contributed by atoms with Crippen molar-refractivity contribution in [2.45, 2.75) is 24.4 Å². The monoisotopic (exact) mass is 290 g/mol. The number of imidazole rings is 1. The zero-order chi connectivity index (χ0) is 15.2. The van der Waals surface area contributed by atoms with E-state index in [9.17, 15) is 10.2 Å². The Bertz CT molecular complexity index is 738. The standard InChI is InChI=1S/C12H14N6O3/c1-2-12(4-19)6(20)3-7(21-12)18-5-15-8-9(13)16-11(14)17-10(8)18/h1,5-7,19-20H,3-4H2,(H4,13,14,16,17)/t6-,7+,12+/m0/s1. The first-order valence-electron chi connectivity index (χ1n) is 6.21. The molecule has 9 nitrogen and oxygen atoms in total. The lowest BCUT2D eigenvalue weighted by molar-refractivity contribution is -0.0891. The maximum Gasteiger partial charge on any atom is 0.224 e. The number of terminal acetylenes is 1. The molecule has 110 valence electrons. The van der Waals surface area contributed by atoms with E-state index < -0.39 is 24.5 Å². The summed E-state index contributed by atoms with van der Waals surface area (Å²) in [5.41, 5.74) is 10.6. The van der Waals surface area contributed by atoms with Gasteiger partial charge in [-0.2, -0.15) is 9.97 Å². The maximum absolute atomic E-state index is 10.0. The van der Waals surface area contributed by atoms with E-state index in [1.54, 1.807) is 4.57 Å². The second-order valence-corrected chi connectivity index (χ2v) is 4.81. The number of aliphatic hydroxyl groups excluding tert-OH is 2. The van der Waals surface area contributed by atoms with Crippen molar-refractivity contribution in [2.75, 3.05) is 18.1 Å². The first kappa shape index (κ1) is 13.6. The molecule has 0 radical (unpaired) electrons. The number of anilines is 2. The van der Waals surface area contributed by atoms with E-state index >= 15 is 0 Å². The molecule has 0 amide bonds. The molecule has 0 spiro atoms. The number of hydrogen-bond donors (Lipinski definition) is 4. The molecule has 3 atom stereocenters. The predicted octanol–water partition coefficient (Wildman–Crippen LogP) is -1.37. The zero-order valence-electron chi connectivity index (χ0n) is 11.0. The average molecular weight is 290 g/mol. The van der Waals surface area contributed by atoms with Gasteiger partial charge in [-0.3, -0.25) is 4.57 Å². The van der Waals surface area contributed by atoms with Gasteiger partial charge >= 0.3 is 0 Å². The van der Waals surface area contributed by atoms with Crippen LogP contribution in [0.5, 0.6) is 0 Å². The minimum absolute atomic E-state index is 0.00525. The maximum atomic E-state index is 10.0. The van der Waals surface area contributed by atoms with Crippen LogP contribution in [0.4, 0.5) is 11.8 Å². The number of rotatable bonds is 2. The lowest BCUT2D eigenvalue weighted by Gasteiger charge is -2.23. The van der Waals surface area contributed by atoms with Gasteiger partial charge in [0.15, 0.2) is 17.1 Å². The molecule has 3 rings (SSSR count). The Morgan fingerprint density at radius 1 is 1.52 bits per heavy atom. The van der Waals surface area contributed by atoms with Gasteiger partial charge in [0, 0.05) is 6.42 Å². The van der Waals surface area contributed by atoms with Crippen LogP contribution < -0.4 is 11.5 Å². The van der Waals surface area contributed by atoms with Crippen LogP contribution in [0.15, 0.2) is 6.33 Å². The molecule has 2 aromatic rings. The van der Waals surface area contributed by atoms with Crippen LogP contribution in [0.2, 0.25) is 0 Å². The number of nitrogens with two attached hydrogens (primary N) is 2. The Morgan fingerprint density at radius 2 is 2.29 bits per heavy atom. The van der Waals surface area contributed by atoms with Gasteiger partial charge in [0.1, 0.15) is 17.8 Å². The van der Waals surface area contributed by atoms with Gasteiger partial charge in [0.25, 0.3) is 0 Å². The molecule has 0 unspecified atom stereocenters. The summed E-state index contributed by atoms with van der Waals surface area (Å²) in [4.78, 5) is 12.0. The quantitative estimate of drug-likeness (QED) is 0.496. The fraction of sp³-hybridized carbons (Fsp3) is 0.417. The molecule has 0 aliphatic carbocycles. The van der Waals surface area contributed by atoms with Crippen LogP contribution in [-0.2, 0) is 4.74 Å². The molecule has 9 heteroatoms. The van der Waals surface area contributed by atoms with Crippen LogP contribution in [0.1, 0.15) is 12.6 Å². The van der Waals surface area contributed by atoms with Gasteiger partial charge in [-0.05, 0) is 0 Å². The van der Waals surface area contributed by atoms with Gasteiger partial charge in [-0.25, -0.2) is 4.98 Å². The summed E-state index contributed by atoms with van der Waals surface area (Å²) in [6, 6.07) is 0. The van der Waals surface area contributed by atoms with Crippen molar-refractivity contribution in [2.24, 2.45) is 0 Å². The normalized spacial score (nSPS) is 28.8. The largest absolute Gasteiger partial charge is 0.392 e. The van der Waals surface area contributed by atoms with E-state index in [0.29, 0.717) is 11.2 Å². The summed E-state index contributed by atoms with van der Waals surface area (Å²) in [6.07, 6.45) is 5.35. The number of hydrogen-bond acceptors (Lipinski definition) is 8. The van der Waals surface area contributed by atoms with Crippen molar-refractivity contribution >= 4 is 22.9 Å². The molecule has 1 fully saturated rings. The third-order valence-electron chi connectivity index (χ3n) is 3.56. The van der Waals surface area contributed by atoms with Crippen molar-refractivity contribution in [3.05, 3.63) is 6.33 Å². The highest BCUT2D eigenvalue weighted by atomic mass is 16.6. The van der Waals surface area contributed by atoms with Crippen LogP contribution >= 0.6 is 0 Å². The smallest absolute Gasteiger partial charge is 0.224 e. The molecule has 0 saturated carbocycles. The molecule has 3 heterocycles. The SMILES string of the molecule is C#C[C@]1(CO)O[C@@H](n2cnc3c(N)nc(N)nc32)C[C@@H]1O. The minimum atomic E-state index is -1.44. The second-order valence-electron chi connectivity index (χ2n) is 4.81. The Morgan fingerprint density at radius 3 is 2.90 bits per heavy atom. The minimum Gasteiger partial charge on any atom is -0.392 e. The van der Waals surface area contributed by atoms with Crippen molar-refractivity contribution in [3.63, 3.8) is 0 Å². The Kier molecular flexibility index (Phi) is 2.94. The first-order valence-corrected chi connectivity index (χ1v) is 6.21. The predicted molar refractivity (Wildman–Crippen MR) is 73.5 cm³/mol. The highest BCUT2D eigenvalue weighted by Gasteiger charge is 2.47. The van der Waals surface area contributed by atoms with Crippen molar-refractivity contribution in [3.8, 4) is 12.3 Å². The Balaban J connectivity index is 2.05. The first-order chi connectivity index (χ1) is 10.0. The van der Waals surface area contributed by atoms with E-state index in [0.717, 1.165) is 0 Å². The lowest BCUT2D eigenvalue weighted by Crippen LogP contribution is -2.41. The fourth-order valence-electron chi connectivity index (χ4n) is 2.41. The van der Waals surface area contributed by atoms with E-state index in [4.69, 9.17) is 22.6 Å². The molecule has 1 aliphatic heterocycles. The topological polar surface area (TPSA) is 145 Å². The van der Waals surface area contributed by atoms with Crippen molar-refractivity contribution in [1.82, 2.24) is 19.5 Å². The Hall–Kier alpha value is -2.41. The molecule has 6 N–H and O–H groups in total. The van der Waals surface area contributed by atoms with Gasteiger partial charge in [-0.15, -0.1) is 6.42 Å². The van der Waals surface area contributed by atoms with Crippen molar-refractivity contribution < 1.29 is 14.9 Å². The van der Waals surface area contributed by atoms with Gasteiger partial charge in [0.2, 0.25) is 5.95 Å². The fourth-order valence-corrected chi connectivity index (χ4v) is 2.41. The summed E-state index contributed by atoms with van der Waals surface area (Å²) < 4.78 is 7.19. The summed E-state index contributed by atoms with van der Waals surface area (Å²) in [5.74, 6) is 2.46. The van der Waals surface area contributed by atoms with E-state index in [2.05, 4.69) is 20.9 Å². The number of nitrogens with zero attached hydrogens (tertiary/aromatic N) is 4. The van der Waals surface area contributed by atoms with E-state index in [1.807, 2.05) is 0 Å². The van der Waals surface area contributed by atoms with Gasteiger partial charge in [0.05, 0.1) is 12.9 Å². The number of ether oxygens (including phenoxy) is 1. The van der Waals surface area contributed by atoms with Crippen LogP contribution in [0.25, 0.3) is 11.2 Å². The number of aromatic nitrogens is 4. The van der Waals surface area contributed by atoms with Crippen molar-refractivity contribution in [1.29, 1.82) is 0 Å².